The number of nitriles is 1. The van der Waals surface area contributed by atoms with E-state index in [1.807, 2.05) is 41.8 Å². The molecule has 1 fully saturated rings. The molecule has 0 bridgehead atoms. The van der Waals surface area contributed by atoms with Crippen LogP contribution in [0.5, 0.6) is 0 Å². The number of amides is 1. The summed E-state index contributed by atoms with van der Waals surface area (Å²) in [5.74, 6) is 1.84. The molecule has 4 heterocycles. The van der Waals surface area contributed by atoms with E-state index in [1.54, 1.807) is 18.7 Å². The van der Waals surface area contributed by atoms with Gasteiger partial charge in [0.15, 0.2) is 17.0 Å². The van der Waals surface area contributed by atoms with Gasteiger partial charge in [-0.1, -0.05) is 19.1 Å². The van der Waals surface area contributed by atoms with Gasteiger partial charge in [-0.25, -0.2) is 9.97 Å². The molecule has 0 spiro atoms. The van der Waals surface area contributed by atoms with E-state index in [0.717, 1.165) is 16.9 Å². The molecule has 0 atom stereocenters. The SMILES string of the molecule is CCc1nc2ccccc2n1-c1nc(N2CCOCC2)c2nc(C(=O)N(C)CC#N)n(C)c2n1. The number of aromatic nitrogens is 6. The Morgan fingerprint density at radius 1 is 1.18 bits per heavy atom. The van der Waals surface area contributed by atoms with Crippen molar-refractivity contribution in [2.75, 3.05) is 44.8 Å². The normalized spacial score (nSPS) is 14.0. The van der Waals surface area contributed by atoms with E-state index >= 15 is 0 Å². The zero-order valence-electron chi connectivity index (χ0n) is 19.4. The molecule has 1 aliphatic heterocycles. The Labute approximate surface area is 196 Å². The van der Waals surface area contributed by atoms with Crippen molar-refractivity contribution in [1.29, 1.82) is 5.26 Å². The number of fused-ring (bicyclic) bond motifs is 2. The van der Waals surface area contributed by atoms with Gasteiger partial charge in [0.25, 0.3) is 5.91 Å². The monoisotopic (exact) mass is 459 g/mol. The number of nitrogens with zero attached hydrogens (tertiary/aromatic N) is 9. The highest BCUT2D eigenvalue weighted by atomic mass is 16.5. The van der Waals surface area contributed by atoms with E-state index in [1.165, 1.54) is 4.90 Å². The third-order valence-electron chi connectivity index (χ3n) is 5.99. The van der Waals surface area contributed by atoms with E-state index in [4.69, 9.17) is 25.0 Å². The van der Waals surface area contributed by atoms with Crippen molar-refractivity contribution in [3.63, 3.8) is 0 Å². The minimum absolute atomic E-state index is 0.0316. The number of rotatable bonds is 5. The molecule has 1 aromatic carbocycles. The van der Waals surface area contributed by atoms with E-state index in [2.05, 4.69) is 9.88 Å². The first-order valence-electron chi connectivity index (χ1n) is 11.2. The van der Waals surface area contributed by atoms with Gasteiger partial charge >= 0.3 is 0 Å². The first kappa shape index (κ1) is 21.8. The minimum Gasteiger partial charge on any atom is -0.378 e. The fraction of sp³-hybridized carbons (Fsp3) is 0.391. The first-order chi connectivity index (χ1) is 16.5. The van der Waals surface area contributed by atoms with Crippen molar-refractivity contribution in [1.82, 2.24) is 34.0 Å². The lowest BCUT2D eigenvalue weighted by atomic mass is 10.3. The molecular weight excluding hydrogens is 434 g/mol. The molecule has 0 saturated carbocycles. The molecule has 3 aromatic heterocycles. The number of carbonyl (C=O) groups excluding carboxylic acids is 1. The zero-order chi connectivity index (χ0) is 23.8. The lowest BCUT2D eigenvalue weighted by molar-refractivity contribution is 0.0797. The molecule has 11 nitrogen and oxygen atoms in total. The maximum absolute atomic E-state index is 13.0. The van der Waals surface area contributed by atoms with Crippen molar-refractivity contribution >= 4 is 33.9 Å². The van der Waals surface area contributed by atoms with Gasteiger partial charge in [-0.05, 0) is 12.1 Å². The third-order valence-corrected chi connectivity index (χ3v) is 5.99. The highest BCUT2D eigenvalue weighted by Gasteiger charge is 2.27. The Balaban J connectivity index is 1.76. The van der Waals surface area contributed by atoms with Crippen LogP contribution in [0.1, 0.15) is 23.4 Å². The number of benzene rings is 1. The Morgan fingerprint density at radius 2 is 1.94 bits per heavy atom. The van der Waals surface area contributed by atoms with Gasteiger partial charge in [-0.3, -0.25) is 9.36 Å². The summed E-state index contributed by atoms with van der Waals surface area (Å²) in [4.78, 5) is 35.7. The second-order valence-electron chi connectivity index (χ2n) is 8.14. The number of hydrogen-bond donors (Lipinski definition) is 0. The summed E-state index contributed by atoms with van der Waals surface area (Å²) in [5.41, 5.74) is 2.87. The molecule has 0 radical (unpaired) electrons. The number of anilines is 1. The topological polar surface area (TPSA) is 118 Å². The van der Waals surface area contributed by atoms with E-state index in [0.29, 0.717) is 55.7 Å². The molecule has 174 valence electrons. The fourth-order valence-electron chi connectivity index (χ4n) is 4.21. The van der Waals surface area contributed by atoms with Crippen molar-refractivity contribution in [2.24, 2.45) is 7.05 Å². The molecule has 1 amide bonds. The number of imidazole rings is 2. The van der Waals surface area contributed by atoms with Crippen molar-refractivity contribution in [3.8, 4) is 12.0 Å². The van der Waals surface area contributed by atoms with Gasteiger partial charge in [-0.15, -0.1) is 0 Å². The van der Waals surface area contributed by atoms with Crippen LogP contribution in [-0.4, -0.2) is 79.8 Å². The standard InChI is InChI=1S/C23H25N9O2/c1-4-17-25-15-7-5-6-8-16(15)32(17)23-27-19-18(20(28-23)31-11-13-34-14-12-31)26-21(30(19)3)22(33)29(2)10-9-24/h5-8H,4,10-14H2,1-3H3. The summed E-state index contributed by atoms with van der Waals surface area (Å²) in [6, 6.07) is 9.89. The van der Waals surface area contributed by atoms with Gasteiger partial charge in [0.05, 0.1) is 30.3 Å². The summed E-state index contributed by atoms with van der Waals surface area (Å²) in [6.07, 6.45) is 0.705. The van der Waals surface area contributed by atoms with Crippen LogP contribution in [0, 0.1) is 11.3 Å². The van der Waals surface area contributed by atoms with Gasteiger partial charge in [-0.2, -0.15) is 15.2 Å². The molecule has 0 N–H and O–H groups in total. The Hall–Kier alpha value is -4.04. The lowest BCUT2D eigenvalue weighted by Crippen LogP contribution is -2.37. The zero-order valence-corrected chi connectivity index (χ0v) is 19.4. The lowest BCUT2D eigenvalue weighted by Gasteiger charge is -2.28. The summed E-state index contributed by atoms with van der Waals surface area (Å²) in [5, 5.41) is 9.01. The summed E-state index contributed by atoms with van der Waals surface area (Å²) in [6.45, 7) is 4.49. The first-order valence-corrected chi connectivity index (χ1v) is 11.2. The van der Waals surface area contributed by atoms with Crippen molar-refractivity contribution in [2.45, 2.75) is 13.3 Å². The van der Waals surface area contributed by atoms with E-state index < -0.39 is 0 Å². The minimum atomic E-state index is -0.348. The Kier molecular flexibility index (Phi) is 5.59. The van der Waals surface area contributed by atoms with Crippen molar-refractivity contribution in [3.05, 3.63) is 35.9 Å². The van der Waals surface area contributed by atoms with E-state index in [-0.39, 0.29) is 18.3 Å². The van der Waals surface area contributed by atoms with Crippen LogP contribution in [0.25, 0.3) is 28.1 Å². The Bertz CT molecular complexity index is 1430. The molecule has 11 heteroatoms. The summed E-state index contributed by atoms with van der Waals surface area (Å²) >= 11 is 0. The van der Waals surface area contributed by atoms with Crippen LogP contribution in [0.4, 0.5) is 5.82 Å². The smallest absolute Gasteiger partial charge is 0.290 e. The second-order valence-corrected chi connectivity index (χ2v) is 8.14. The number of ether oxygens (including phenoxy) is 1. The number of hydrogen-bond acceptors (Lipinski definition) is 8. The van der Waals surface area contributed by atoms with Crippen LogP contribution in [0.2, 0.25) is 0 Å². The summed E-state index contributed by atoms with van der Waals surface area (Å²) < 4.78 is 9.18. The second kappa shape index (κ2) is 8.72. The fourth-order valence-corrected chi connectivity index (χ4v) is 4.21. The molecule has 1 saturated heterocycles. The van der Waals surface area contributed by atoms with Crippen LogP contribution in [0.15, 0.2) is 24.3 Å². The average Bonchev–Trinajstić information content (AvgIpc) is 3.41. The summed E-state index contributed by atoms with van der Waals surface area (Å²) in [7, 11) is 3.34. The number of para-hydroxylation sites is 2. The molecule has 34 heavy (non-hydrogen) atoms. The van der Waals surface area contributed by atoms with Crippen molar-refractivity contribution < 1.29 is 9.53 Å². The predicted molar refractivity (Wildman–Crippen MR) is 126 cm³/mol. The highest BCUT2D eigenvalue weighted by molar-refractivity contribution is 5.96. The van der Waals surface area contributed by atoms with Crippen LogP contribution < -0.4 is 4.90 Å². The van der Waals surface area contributed by atoms with Crippen LogP contribution >= 0.6 is 0 Å². The largest absolute Gasteiger partial charge is 0.378 e. The molecule has 0 unspecified atom stereocenters. The van der Waals surface area contributed by atoms with Gasteiger partial charge in [0.2, 0.25) is 11.8 Å². The van der Waals surface area contributed by atoms with Crippen LogP contribution in [-0.2, 0) is 18.2 Å². The molecule has 5 rings (SSSR count). The molecule has 4 aromatic rings. The Morgan fingerprint density at radius 3 is 2.68 bits per heavy atom. The predicted octanol–water partition coefficient (Wildman–Crippen LogP) is 1.70. The number of morpholine rings is 1. The highest BCUT2D eigenvalue weighted by Crippen LogP contribution is 2.28. The molecule has 0 aliphatic carbocycles. The maximum atomic E-state index is 13.0. The van der Waals surface area contributed by atoms with Gasteiger partial charge in [0, 0.05) is 33.6 Å². The van der Waals surface area contributed by atoms with Crippen LogP contribution in [0.3, 0.4) is 0 Å². The van der Waals surface area contributed by atoms with E-state index in [9.17, 15) is 4.79 Å². The number of aryl methyl sites for hydroxylation is 2. The quantitative estimate of drug-likeness (QED) is 0.414. The maximum Gasteiger partial charge on any atom is 0.290 e. The third kappa shape index (κ3) is 3.52. The molecule has 1 aliphatic rings. The average molecular weight is 460 g/mol. The van der Waals surface area contributed by atoms with Gasteiger partial charge < -0.3 is 19.1 Å². The van der Waals surface area contributed by atoms with Gasteiger partial charge in [0.1, 0.15) is 12.4 Å². The molecular formula is C23H25N9O2. The number of carbonyl (C=O) groups is 1.